The van der Waals surface area contributed by atoms with Crippen LogP contribution in [0.1, 0.15) is 20.8 Å². The predicted molar refractivity (Wildman–Crippen MR) is 57.0 cm³/mol. The Morgan fingerprint density at radius 3 is 1.87 bits per heavy atom. The van der Waals surface area contributed by atoms with Crippen molar-refractivity contribution in [2.45, 2.75) is 38.9 Å². The first-order valence-corrected chi connectivity index (χ1v) is 7.12. The van der Waals surface area contributed by atoms with Gasteiger partial charge in [-0.15, -0.1) is 0 Å². The van der Waals surface area contributed by atoms with Crippen LogP contribution in [0, 0.1) is 18.4 Å². The topological polar surface area (TPSA) is 33.0 Å². The molecule has 0 radical (unpaired) electrons. The van der Waals surface area contributed by atoms with Crippen molar-refractivity contribution in [3.63, 3.8) is 0 Å². The van der Waals surface area contributed by atoms with Gasteiger partial charge in [-0.3, -0.25) is 0 Å². The largest absolute Gasteiger partial charge is 1.00 e. The summed E-state index contributed by atoms with van der Waals surface area (Å²) in [5.74, 6) is 0. The second kappa shape index (κ2) is 11.0. The van der Waals surface area contributed by atoms with Gasteiger partial charge in [0.05, 0.1) is 0 Å². The Morgan fingerprint density at radius 2 is 1.67 bits per heavy atom. The molecule has 0 unspecified atom stereocenters. The minimum Gasteiger partial charge on any atom is -0.516 e. The second-order valence-corrected chi connectivity index (χ2v) is 9.12. The average molecular weight is 268 g/mol. The molecule has 0 N–H and O–H groups in total. The van der Waals surface area contributed by atoms with Crippen molar-refractivity contribution >= 4 is 8.32 Å². The maximum absolute atomic E-state index is 6.25. The molecule has 0 fully saturated rings. The summed E-state index contributed by atoms with van der Waals surface area (Å²) in [5.41, 5.74) is 0. The van der Waals surface area contributed by atoms with Crippen molar-refractivity contribution in [1.29, 1.82) is 5.26 Å². The van der Waals surface area contributed by atoms with E-state index in [0.717, 1.165) is 0 Å². The van der Waals surface area contributed by atoms with E-state index in [2.05, 4.69) is 33.9 Å². The Balaban J connectivity index is -0.000000142. The standard InChI is InChI=1S/C9H19OSi.CN.Cu.Li/c1-7-8-10-11(5,6)9(2,3)4;1-2;;/h1,7H,8H2,2-6H3;;;/q2*-1;2*+1. The van der Waals surface area contributed by atoms with Crippen LogP contribution in [0.2, 0.25) is 18.1 Å². The van der Waals surface area contributed by atoms with E-state index in [4.69, 9.17) is 22.8 Å². The molecule has 5 heteroatoms. The zero-order chi connectivity index (χ0) is 11.1. The molecule has 0 amide bonds. The molecule has 2 nitrogen and oxygen atoms in total. The Morgan fingerprint density at radius 1 is 1.33 bits per heavy atom. The van der Waals surface area contributed by atoms with Crippen LogP contribution in [0.15, 0.2) is 6.08 Å². The smallest absolute Gasteiger partial charge is 0.516 e. The van der Waals surface area contributed by atoms with Crippen LogP contribution in [0.4, 0.5) is 0 Å². The van der Waals surface area contributed by atoms with Gasteiger partial charge in [0, 0.05) is 6.61 Å². The summed E-state index contributed by atoms with van der Waals surface area (Å²) in [6.45, 7) is 21.7. The summed E-state index contributed by atoms with van der Waals surface area (Å²) in [7, 11) is -1.54. The summed E-state index contributed by atoms with van der Waals surface area (Å²) in [6, 6.07) is 0. The van der Waals surface area contributed by atoms with Crippen molar-refractivity contribution in [3.8, 4) is 0 Å². The molecule has 0 heterocycles. The van der Waals surface area contributed by atoms with Gasteiger partial charge in [0.1, 0.15) is 0 Å². The fourth-order valence-electron chi connectivity index (χ4n) is 0.473. The van der Waals surface area contributed by atoms with E-state index in [1.807, 2.05) is 0 Å². The minimum atomic E-state index is -1.54. The number of hydrogen-bond acceptors (Lipinski definition) is 2. The Bertz CT molecular complexity index is 178. The minimum absolute atomic E-state index is 0. The molecule has 0 atom stereocenters. The van der Waals surface area contributed by atoms with Crippen LogP contribution in [0.5, 0.6) is 0 Å². The van der Waals surface area contributed by atoms with E-state index in [9.17, 15) is 0 Å². The molecular weight excluding hydrogens is 249 g/mol. The van der Waals surface area contributed by atoms with Gasteiger partial charge >= 0.3 is 35.9 Å². The molecule has 15 heavy (non-hydrogen) atoms. The number of nitrogens with zero attached hydrogens (tertiary/aromatic N) is 1. The average Bonchev–Trinajstić information content (AvgIpc) is 2.03. The molecule has 0 aromatic heterocycles. The molecule has 0 aliphatic heterocycles. The summed E-state index contributed by atoms with van der Waals surface area (Å²) >= 11 is 0. The van der Waals surface area contributed by atoms with E-state index >= 15 is 0 Å². The first-order chi connectivity index (χ1) is 5.81. The molecule has 0 saturated carbocycles. The third kappa shape index (κ3) is 10.8. The zero-order valence-corrected chi connectivity index (χ0v) is 12.5. The molecule has 86 valence electrons. The van der Waals surface area contributed by atoms with Crippen LogP contribution >= 0.6 is 0 Å². The van der Waals surface area contributed by atoms with E-state index in [1.165, 1.54) is 0 Å². The molecule has 0 aliphatic rings. The quantitative estimate of drug-likeness (QED) is 0.537. The van der Waals surface area contributed by atoms with Gasteiger partial charge in [-0.25, -0.2) is 6.08 Å². The van der Waals surface area contributed by atoms with Crippen molar-refractivity contribution < 1.29 is 40.4 Å². The van der Waals surface area contributed by atoms with Gasteiger partial charge in [0.25, 0.3) is 0 Å². The van der Waals surface area contributed by atoms with Crippen LogP contribution in [0.25, 0.3) is 0 Å². The first-order valence-electron chi connectivity index (χ1n) is 4.21. The van der Waals surface area contributed by atoms with Crippen LogP contribution < -0.4 is 18.9 Å². The first kappa shape index (κ1) is 24.7. The monoisotopic (exact) mass is 267 g/mol. The summed E-state index contributed by atoms with van der Waals surface area (Å²) in [4.78, 5) is 0. The van der Waals surface area contributed by atoms with Crippen molar-refractivity contribution in [2.75, 3.05) is 6.61 Å². The Kier molecular flexibility index (Phi) is 18.1. The molecule has 0 aromatic carbocycles. The van der Waals surface area contributed by atoms with E-state index in [-0.39, 0.29) is 41.0 Å². The zero-order valence-electron chi connectivity index (χ0n) is 10.5. The summed E-state index contributed by atoms with van der Waals surface area (Å²) in [5, 5.41) is 6.54. The number of rotatable bonds is 3. The second-order valence-electron chi connectivity index (χ2n) is 4.31. The van der Waals surface area contributed by atoms with Gasteiger partial charge in [-0.1, -0.05) is 20.8 Å². The Labute approximate surface area is 118 Å². The molecule has 0 aliphatic carbocycles. The maximum atomic E-state index is 6.25. The molecule has 0 saturated heterocycles. The van der Waals surface area contributed by atoms with Crippen LogP contribution in [-0.4, -0.2) is 14.9 Å². The third-order valence-corrected chi connectivity index (χ3v) is 6.85. The Hall–Kier alpha value is 0.524. The van der Waals surface area contributed by atoms with E-state index in [0.29, 0.717) is 6.61 Å². The van der Waals surface area contributed by atoms with Gasteiger partial charge < -0.3 is 22.8 Å². The van der Waals surface area contributed by atoms with E-state index < -0.39 is 8.32 Å². The summed E-state index contributed by atoms with van der Waals surface area (Å²) < 4.78 is 5.70. The molecule has 0 rings (SSSR count). The van der Waals surface area contributed by atoms with Crippen LogP contribution in [-0.2, 0) is 21.5 Å². The maximum Gasteiger partial charge on any atom is 1.00 e. The molecule has 0 bridgehead atoms. The normalized spacial score (nSPS) is 9.80. The van der Waals surface area contributed by atoms with Crippen molar-refractivity contribution in [1.82, 2.24) is 0 Å². The molecular formula is C10H19CuLiNOSi. The van der Waals surface area contributed by atoms with Crippen molar-refractivity contribution in [2.24, 2.45) is 0 Å². The SMILES string of the molecule is [C-]#N.[CH-]=CCO[Si](C)(C)C(C)(C)C.[Cu+].[Li+]. The van der Waals surface area contributed by atoms with Crippen LogP contribution in [0.3, 0.4) is 0 Å². The number of hydrogen-bond donors (Lipinski definition) is 0. The fourth-order valence-corrected chi connectivity index (χ4v) is 1.42. The van der Waals surface area contributed by atoms with Gasteiger partial charge in [-0.05, 0) is 18.1 Å². The predicted octanol–water partition coefficient (Wildman–Crippen LogP) is 0.0953. The fraction of sp³-hybridized carbons (Fsp3) is 0.700. The van der Waals surface area contributed by atoms with Gasteiger partial charge in [0.2, 0.25) is 0 Å². The third-order valence-electron chi connectivity index (χ3n) is 2.35. The van der Waals surface area contributed by atoms with Gasteiger partial charge in [-0.2, -0.15) is 0 Å². The van der Waals surface area contributed by atoms with E-state index in [1.54, 1.807) is 6.08 Å². The van der Waals surface area contributed by atoms with Gasteiger partial charge in [0.15, 0.2) is 8.32 Å². The molecule has 0 aromatic rings. The van der Waals surface area contributed by atoms with Crippen molar-refractivity contribution in [3.05, 3.63) is 19.2 Å². The summed E-state index contributed by atoms with van der Waals surface area (Å²) in [6.07, 6.45) is 1.57. The molecule has 0 spiro atoms.